The van der Waals surface area contributed by atoms with Gasteiger partial charge < -0.3 is 11.1 Å². The van der Waals surface area contributed by atoms with Gasteiger partial charge >= 0.3 is 0 Å². The average molecular weight is 279 g/mol. The number of piperidine rings is 1. The van der Waals surface area contributed by atoms with E-state index in [-0.39, 0.29) is 29.7 Å². The Labute approximate surface area is 113 Å². The van der Waals surface area contributed by atoms with Crippen LogP contribution in [0.3, 0.4) is 0 Å². The number of likely N-dealkylation sites (tertiary alicyclic amines) is 1. The third kappa shape index (κ3) is 2.66. The van der Waals surface area contributed by atoms with Gasteiger partial charge in [-0.05, 0) is 6.42 Å². The molecule has 106 valence electrons. The smallest absolute Gasteiger partial charge is 0.276 e. The summed E-state index contributed by atoms with van der Waals surface area (Å²) >= 11 is 0. The number of carbonyl (C=O) groups is 2. The van der Waals surface area contributed by atoms with Crippen LogP contribution >= 0.6 is 0 Å². The van der Waals surface area contributed by atoms with Gasteiger partial charge in [0.25, 0.3) is 11.6 Å². The first kappa shape index (κ1) is 13.7. The Morgan fingerprint density at radius 3 is 2.85 bits per heavy atom. The van der Waals surface area contributed by atoms with E-state index >= 15 is 0 Å². The van der Waals surface area contributed by atoms with Crippen LogP contribution < -0.4 is 11.1 Å². The molecule has 3 N–H and O–H groups in total. The number of nitrogens with two attached hydrogens (primary N) is 1. The first-order valence-electron chi connectivity index (χ1n) is 5.87. The van der Waals surface area contributed by atoms with Gasteiger partial charge in [-0.1, -0.05) is 0 Å². The van der Waals surface area contributed by atoms with Crippen molar-refractivity contribution in [2.45, 2.75) is 18.9 Å². The predicted octanol–water partition coefficient (Wildman–Crippen LogP) is 0.131. The van der Waals surface area contributed by atoms with Gasteiger partial charge in [0, 0.05) is 13.5 Å². The normalized spacial score (nSPS) is 19.1. The van der Waals surface area contributed by atoms with E-state index in [2.05, 4.69) is 10.3 Å². The summed E-state index contributed by atoms with van der Waals surface area (Å²) in [6, 6.07) is 1.68. The molecule has 0 radical (unpaired) electrons. The van der Waals surface area contributed by atoms with E-state index in [1.54, 1.807) is 0 Å². The number of pyridine rings is 1. The molecule has 1 saturated heterocycles. The van der Waals surface area contributed by atoms with Crippen LogP contribution in [0.2, 0.25) is 0 Å². The predicted molar refractivity (Wildman–Crippen MR) is 69.7 cm³/mol. The Balaban J connectivity index is 2.20. The Kier molecular flexibility index (Phi) is 3.51. The highest BCUT2D eigenvalue weighted by atomic mass is 16.6. The van der Waals surface area contributed by atoms with Crippen LogP contribution in [0.25, 0.3) is 0 Å². The molecule has 9 heteroatoms. The van der Waals surface area contributed by atoms with Crippen LogP contribution in [-0.2, 0) is 9.59 Å². The fraction of sp³-hybridized carbons (Fsp3) is 0.364. The summed E-state index contributed by atoms with van der Waals surface area (Å²) in [5.41, 5.74) is 5.27. The summed E-state index contributed by atoms with van der Waals surface area (Å²) in [5.74, 6) is -0.528. The van der Waals surface area contributed by atoms with Crippen molar-refractivity contribution in [1.29, 1.82) is 0 Å². The zero-order valence-corrected chi connectivity index (χ0v) is 10.7. The maximum absolute atomic E-state index is 11.9. The van der Waals surface area contributed by atoms with Gasteiger partial charge in [-0.2, -0.15) is 0 Å². The lowest BCUT2D eigenvalue weighted by molar-refractivity contribution is -0.384. The van der Waals surface area contributed by atoms with Gasteiger partial charge in [-0.25, -0.2) is 4.98 Å². The zero-order chi connectivity index (χ0) is 14.9. The first-order chi connectivity index (χ1) is 9.38. The largest absolute Gasteiger partial charge is 0.383 e. The number of amides is 2. The number of carbonyl (C=O) groups excluding carboxylic acids is 2. The highest BCUT2D eigenvalue weighted by molar-refractivity contribution is 6.01. The van der Waals surface area contributed by atoms with Gasteiger partial charge in [0.1, 0.15) is 17.7 Å². The van der Waals surface area contributed by atoms with Crippen LogP contribution in [0.5, 0.6) is 0 Å². The zero-order valence-electron chi connectivity index (χ0n) is 10.7. The van der Waals surface area contributed by atoms with Crippen molar-refractivity contribution >= 4 is 29.1 Å². The third-order valence-electron chi connectivity index (χ3n) is 3.01. The minimum atomic E-state index is -0.647. The quantitative estimate of drug-likeness (QED) is 0.456. The maximum Gasteiger partial charge on any atom is 0.276 e. The van der Waals surface area contributed by atoms with E-state index in [1.165, 1.54) is 13.1 Å². The molecule has 2 heterocycles. The number of anilines is 2. The number of hydrogen-bond acceptors (Lipinski definition) is 7. The van der Waals surface area contributed by atoms with E-state index in [1.807, 2.05) is 0 Å². The molecule has 2 amide bonds. The average Bonchev–Trinajstić information content (AvgIpc) is 2.39. The second-order valence-electron chi connectivity index (χ2n) is 4.42. The Morgan fingerprint density at radius 2 is 2.20 bits per heavy atom. The van der Waals surface area contributed by atoms with Gasteiger partial charge in [0.2, 0.25) is 5.91 Å². The lowest BCUT2D eigenvalue weighted by Crippen LogP contribution is -2.48. The third-order valence-corrected chi connectivity index (χ3v) is 3.01. The van der Waals surface area contributed by atoms with Crippen molar-refractivity contribution in [3.63, 3.8) is 0 Å². The first-order valence-corrected chi connectivity index (χ1v) is 5.87. The number of nitrogen functional groups attached to an aromatic ring is 1. The molecule has 0 saturated carbocycles. The van der Waals surface area contributed by atoms with Crippen molar-refractivity contribution in [3.05, 3.63) is 22.2 Å². The van der Waals surface area contributed by atoms with E-state index in [0.29, 0.717) is 6.42 Å². The summed E-state index contributed by atoms with van der Waals surface area (Å²) in [6.45, 7) is 0. The van der Waals surface area contributed by atoms with Gasteiger partial charge in [0.05, 0.1) is 17.1 Å². The summed E-state index contributed by atoms with van der Waals surface area (Å²) in [4.78, 5) is 38.3. The summed E-state index contributed by atoms with van der Waals surface area (Å²) in [6.07, 6.45) is 0.538. The Morgan fingerprint density at radius 1 is 1.50 bits per heavy atom. The molecule has 1 fully saturated rings. The molecule has 1 atom stereocenters. The number of nitro groups is 1. The number of imide groups is 1. The van der Waals surface area contributed by atoms with E-state index < -0.39 is 16.9 Å². The molecular weight excluding hydrogens is 266 g/mol. The molecule has 1 aromatic rings. The van der Waals surface area contributed by atoms with Crippen LogP contribution in [-0.4, -0.2) is 39.7 Å². The number of likely N-dealkylation sites (N-methyl/N-ethyl adjacent to an activating group) is 1. The van der Waals surface area contributed by atoms with E-state index in [9.17, 15) is 19.7 Å². The van der Waals surface area contributed by atoms with Crippen molar-refractivity contribution in [1.82, 2.24) is 9.88 Å². The molecule has 20 heavy (non-hydrogen) atoms. The Bertz CT molecular complexity index is 588. The lowest BCUT2D eigenvalue weighted by Gasteiger charge is -2.28. The van der Waals surface area contributed by atoms with Crippen LogP contribution in [0.15, 0.2) is 12.1 Å². The van der Waals surface area contributed by atoms with Crippen molar-refractivity contribution in [3.8, 4) is 0 Å². The topological polar surface area (TPSA) is 131 Å². The second kappa shape index (κ2) is 5.11. The Hall–Kier alpha value is -2.71. The molecular formula is C11H13N5O4. The molecule has 1 unspecified atom stereocenters. The SMILES string of the molecule is CN1C(=O)CCC(Nc2cc([N+](=O)[O-])cc(N)n2)C1=O. The summed E-state index contributed by atoms with van der Waals surface area (Å²) in [7, 11) is 1.40. The van der Waals surface area contributed by atoms with Crippen molar-refractivity contribution in [2.75, 3.05) is 18.1 Å². The van der Waals surface area contributed by atoms with Gasteiger partial charge in [-0.15, -0.1) is 0 Å². The van der Waals surface area contributed by atoms with Crippen LogP contribution in [0.4, 0.5) is 17.3 Å². The number of rotatable bonds is 3. The maximum atomic E-state index is 11.9. The van der Waals surface area contributed by atoms with Crippen LogP contribution in [0.1, 0.15) is 12.8 Å². The standard InChI is InChI=1S/C11H13N5O4/c1-15-10(17)3-2-7(11(15)18)13-9-5-6(16(19)20)4-8(12)14-9/h4-5,7H,2-3H2,1H3,(H3,12,13,14). The lowest BCUT2D eigenvalue weighted by atomic mass is 10.0. The summed E-state index contributed by atoms with van der Waals surface area (Å²) < 4.78 is 0. The fourth-order valence-corrected chi connectivity index (χ4v) is 1.94. The molecule has 9 nitrogen and oxygen atoms in total. The molecule has 0 bridgehead atoms. The van der Waals surface area contributed by atoms with Crippen molar-refractivity contribution < 1.29 is 14.5 Å². The minimum absolute atomic E-state index is 0.0191. The van der Waals surface area contributed by atoms with E-state index in [0.717, 1.165) is 11.0 Å². The fourth-order valence-electron chi connectivity index (χ4n) is 1.94. The highest BCUT2D eigenvalue weighted by Crippen LogP contribution is 2.21. The molecule has 0 aliphatic carbocycles. The molecule has 1 aliphatic heterocycles. The minimum Gasteiger partial charge on any atom is -0.383 e. The number of nitrogens with zero attached hydrogens (tertiary/aromatic N) is 3. The molecule has 1 aliphatic rings. The molecule has 0 spiro atoms. The number of aromatic nitrogens is 1. The monoisotopic (exact) mass is 279 g/mol. The molecule has 1 aromatic heterocycles. The second-order valence-corrected chi connectivity index (χ2v) is 4.42. The molecule has 0 aromatic carbocycles. The van der Waals surface area contributed by atoms with E-state index in [4.69, 9.17) is 5.73 Å². The highest BCUT2D eigenvalue weighted by Gasteiger charge is 2.32. The van der Waals surface area contributed by atoms with Crippen molar-refractivity contribution in [2.24, 2.45) is 0 Å². The molecule has 2 rings (SSSR count). The summed E-state index contributed by atoms with van der Waals surface area (Å²) in [5, 5.41) is 13.5. The number of nitrogens with one attached hydrogen (secondary N) is 1. The number of hydrogen-bond donors (Lipinski definition) is 2. The van der Waals surface area contributed by atoms with Gasteiger partial charge in [-0.3, -0.25) is 24.6 Å². The van der Waals surface area contributed by atoms with Gasteiger partial charge in [0.15, 0.2) is 0 Å². The van der Waals surface area contributed by atoms with Crippen LogP contribution in [0, 0.1) is 10.1 Å².